The maximum absolute atomic E-state index is 13.4. The average molecular weight is 337 g/mol. The fraction of sp³-hybridized carbons (Fsp3) is 0.0667. The van der Waals surface area contributed by atoms with Crippen LogP contribution in [0.3, 0.4) is 0 Å². The number of alkyl halides is 2. The van der Waals surface area contributed by atoms with Gasteiger partial charge in [-0.25, -0.2) is 21.2 Å². The van der Waals surface area contributed by atoms with Crippen molar-refractivity contribution < 1.29 is 17.2 Å². The Hall–Kier alpha value is -2.61. The molecule has 0 saturated heterocycles. The number of nitrogens with two attached hydrogens (primary N) is 2. The third-order valence-corrected chi connectivity index (χ3v) is 5.30. The second kappa shape index (κ2) is 5.24. The van der Waals surface area contributed by atoms with E-state index in [0.29, 0.717) is 3.97 Å². The molecule has 3 rings (SSSR count). The largest absolute Gasteiger partial charge is 0.397 e. The molecule has 0 amide bonds. The summed E-state index contributed by atoms with van der Waals surface area (Å²) in [5.41, 5.74) is 11.2. The molecule has 0 aliphatic carbocycles. The smallest absolute Gasteiger partial charge is 0.279 e. The summed E-state index contributed by atoms with van der Waals surface area (Å²) in [6.45, 7) is 0. The van der Waals surface area contributed by atoms with Gasteiger partial charge in [-0.05, 0) is 30.3 Å². The highest BCUT2D eigenvalue weighted by Crippen LogP contribution is 2.35. The van der Waals surface area contributed by atoms with Crippen molar-refractivity contribution in [2.75, 3.05) is 11.5 Å². The van der Waals surface area contributed by atoms with Crippen molar-refractivity contribution in [2.24, 2.45) is 0 Å². The van der Waals surface area contributed by atoms with Gasteiger partial charge in [-0.3, -0.25) is 0 Å². The number of aromatic nitrogens is 1. The maximum atomic E-state index is 13.4. The molecule has 0 fully saturated rings. The van der Waals surface area contributed by atoms with Gasteiger partial charge in [-0.15, -0.1) is 0 Å². The molecule has 23 heavy (non-hydrogen) atoms. The predicted octanol–water partition coefficient (Wildman–Crippen LogP) is 2.98. The van der Waals surface area contributed by atoms with Crippen LogP contribution in [0.15, 0.2) is 53.4 Å². The number of nitrogen functional groups attached to an aromatic ring is 2. The molecule has 0 bridgehead atoms. The van der Waals surface area contributed by atoms with Gasteiger partial charge < -0.3 is 11.5 Å². The molecule has 4 N–H and O–H groups in total. The quantitative estimate of drug-likeness (QED) is 0.719. The van der Waals surface area contributed by atoms with E-state index in [1.54, 1.807) is 6.07 Å². The Morgan fingerprint density at radius 3 is 2.26 bits per heavy atom. The molecule has 120 valence electrons. The second-order valence-electron chi connectivity index (χ2n) is 4.95. The number of hydrogen-bond acceptors (Lipinski definition) is 4. The normalized spacial score (nSPS) is 12.1. The fourth-order valence-corrected chi connectivity index (χ4v) is 3.97. The lowest BCUT2D eigenvalue weighted by molar-refractivity contribution is 0.145. The Kier molecular flexibility index (Phi) is 3.48. The Labute approximate surface area is 131 Å². The molecular weight excluding hydrogens is 324 g/mol. The van der Waals surface area contributed by atoms with E-state index in [2.05, 4.69) is 0 Å². The van der Waals surface area contributed by atoms with Gasteiger partial charge in [0.1, 0.15) is 5.69 Å². The summed E-state index contributed by atoms with van der Waals surface area (Å²) in [4.78, 5) is -0.0882. The van der Waals surface area contributed by atoms with Crippen molar-refractivity contribution >= 4 is 32.3 Å². The van der Waals surface area contributed by atoms with Crippen molar-refractivity contribution in [3.8, 4) is 0 Å². The van der Waals surface area contributed by atoms with E-state index in [1.165, 1.54) is 36.4 Å². The third kappa shape index (κ3) is 2.31. The monoisotopic (exact) mass is 337 g/mol. The van der Waals surface area contributed by atoms with Gasteiger partial charge in [-0.2, -0.15) is 0 Å². The summed E-state index contributed by atoms with van der Waals surface area (Å²) in [5, 5.41) is 0.180. The van der Waals surface area contributed by atoms with Gasteiger partial charge in [0, 0.05) is 5.39 Å². The molecule has 8 heteroatoms. The molecule has 0 aliphatic heterocycles. The van der Waals surface area contributed by atoms with Crippen LogP contribution in [0.4, 0.5) is 20.2 Å². The Morgan fingerprint density at radius 2 is 1.65 bits per heavy atom. The summed E-state index contributed by atoms with van der Waals surface area (Å²) in [5.74, 6) is 0. The first-order valence-corrected chi connectivity index (χ1v) is 8.06. The van der Waals surface area contributed by atoms with Crippen LogP contribution < -0.4 is 11.5 Å². The van der Waals surface area contributed by atoms with Crippen LogP contribution >= 0.6 is 0 Å². The van der Waals surface area contributed by atoms with Crippen LogP contribution in [-0.2, 0) is 10.0 Å². The minimum absolute atomic E-state index is 0.0656. The van der Waals surface area contributed by atoms with E-state index in [1.807, 2.05) is 0 Å². The minimum Gasteiger partial charge on any atom is -0.397 e. The molecule has 3 aromatic rings. The number of halogens is 2. The topological polar surface area (TPSA) is 91.1 Å². The number of fused-ring (bicyclic) bond motifs is 1. The molecule has 1 aromatic heterocycles. The molecule has 0 spiro atoms. The maximum Gasteiger partial charge on any atom is 0.279 e. The lowest BCUT2D eigenvalue weighted by Crippen LogP contribution is -2.16. The van der Waals surface area contributed by atoms with Gasteiger partial charge >= 0.3 is 0 Å². The van der Waals surface area contributed by atoms with E-state index in [0.717, 1.165) is 6.07 Å². The molecule has 2 aromatic carbocycles. The van der Waals surface area contributed by atoms with E-state index in [9.17, 15) is 17.2 Å². The van der Waals surface area contributed by atoms with E-state index >= 15 is 0 Å². The van der Waals surface area contributed by atoms with E-state index < -0.39 is 22.1 Å². The molecule has 0 saturated carbocycles. The number of nitrogens with zero attached hydrogens (tertiary/aromatic N) is 1. The lowest BCUT2D eigenvalue weighted by atomic mass is 10.2. The minimum atomic E-state index is -4.19. The summed E-state index contributed by atoms with van der Waals surface area (Å²) in [6, 6.07) is 11.2. The van der Waals surface area contributed by atoms with Crippen molar-refractivity contribution in [1.29, 1.82) is 0 Å². The Balaban J connectivity index is 2.41. The van der Waals surface area contributed by atoms with Crippen LogP contribution in [0.1, 0.15) is 12.1 Å². The second-order valence-corrected chi connectivity index (χ2v) is 6.74. The number of hydrogen-bond donors (Lipinski definition) is 2. The first-order valence-electron chi connectivity index (χ1n) is 6.62. The molecule has 0 radical (unpaired) electrons. The predicted molar refractivity (Wildman–Crippen MR) is 84.7 cm³/mol. The van der Waals surface area contributed by atoms with Crippen molar-refractivity contribution in [3.05, 3.63) is 54.2 Å². The van der Waals surface area contributed by atoms with E-state index in [-0.39, 0.29) is 27.2 Å². The standard InChI is InChI=1S/C15H13F2N3O2S/c16-15(17)13-8-10-12(7-6-11(18)14(10)19)20(13)23(21,22)9-4-2-1-3-5-9/h1-8,15H,18-19H2. The molecule has 0 unspecified atom stereocenters. The van der Waals surface area contributed by atoms with Gasteiger partial charge in [-0.1, -0.05) is 18.2 Å². The van der Waals surface area contributed by atoms with Gasteiger partial charge in [0.25, 0.3) is 16.4 Å². The lowest BCUT2D eigenvalue weighted by Gasteiger charge is -2.12. The van der Waals surface area contributed by atoms with Crippen molar-refractivity contribution in [1.82, 2.24) is 3.97 Å². The van der Waals surface area contributed by atoms with Crippen LogP contribution in [-0.4, -0.2) is 12.4 Å². The number of rotatable bonds is 3. The molecule has 1 heterocycles. The van der Waals surface area contributed by atoms with Crippen LogP contribution in [0.25, 0.3) is 10.9 Å². The van der Waals surface area contributed by atoms with Gasteiger partial charge in [0.15, 0.2) is 0 Å². The third-order valence-electron chi connectivity index (χ3n) is 3.55. The van der Waals surface area contributed by atoms with Crippen molar-refractivity contribution in [2.45, 2.75) is 11.3 Å². The molecule has 5 nitrogen and oxygen atoms in total. The zero-order valence-electron chi connectivity index (χ0n) is 11.8. The highest BCUT2D eigenvalue weighted by atomic mass is 32.2. The highest BCUT2D eigenvalue weighted by molar-refractivity contribution is 7.90. The first kappa shape index (κ1) is 15.3. The zero-order chi connectivity index (χ0) is 16.8. The van der Waals surface area contributed by atoms with Crippen LogP contribution in [0.5, 0.6) is 0 Å². The summed E-state index contributed by atoms with van der Waals surface area (Å²) in [7, 11) is -4.19. The van der Waals surface area contributed by atoms with Crippen LogP contribution in [0.2, 0.25) is 0 Å². The number of benzene rings is 2. The van der Waals surface area contributed by atoms with Crippen LogP contribution in [0, 0.1) is 0 Å². The molecule has 0 atom stereocenters. The summed E-state index contributed by atoms with van der Waals surface area (Å²) in [6.07, 6.45) is -2.98. The highest BCUT2D eigenvalue weighted by Gasteiger charge is 2.27. The number of anilines is 2. The SMILES string of the molecule is Nc1ccc2c(cc(C(F)F)n2S(=O)(=O)c2ccccc2)c1N. The average Bonchev–Trinajstić information content (AvgIpc) is 2.93. The summed E-state index contributed by atoms with van der Waals surface area (Å²) >= 11 is 0. The Bertz CT molecular complexity index is 983. The molecular formula is C15H13F2N3O2S. The zero-order valence-corrected chi connectivity index (χ0v) is 12.6. The summed E-state index contributed by atoms with van der Waals surface area (Å²) < 4.78 is 53.0. The Morgan fingerprint density at radius 1 is 1.00 bits per heavy atom. The van der Waals surface area contributed by atoms with E-state index in [4.69, 9.17) is 11.5 Å². The van der Waals surface area contributed by atoms with Gasteiger partial charge in [0.2, 0.25) is 0 Å². The van der Waals surface area contributed by atoms with Crippen molar-refractivity contribution in [3.63, 3.8) is 0 Å². The van der Waals surface area contributed by atoms with Gasteiger partial charge in [0.05, 0.1) is 21.8 Å². The first-order chi connectivity index (χ1) is 10.8. The fourth-order valence-electron chi connectivity index (χ4n) is 2.43. The molecule has 0 aliphatic rings.